The Balaban J connectivity index is 1.78. The Morgan fingerprint density at radius 2 is 2.21 bits per heavy atom. The van der Waals surface area contributed by atoms with Crippen molar-refractivity contribution >= 4 is 5.82 Å². The number of hydrogen-bond acceptors (Lipinski definition) is 3. The zero-order valence-electron chi connectivity index (χ0n) is 12.3. The summed E-state index contributed by atoms with van der Waals surface area (Å²) in [5.41, 5.74) is 1.49. The van der Waals surface area contributed by atoms with Crippen LogP contribution in [0.25, 0.3) is 0 Å². The lowest BCUT2D eigenvalue weighted by molar-refractivity contribution is 0.423. The molecular formula is C16H25N3. The Morgan fingerprint density at radius 1 is 1.37 bits per heavy atom. The van der Waals surface area contributed by atoms with Crippen molar-refractivity contribution in [3.8, 4) is 0 Å². The predicted molar refractivity (Wildman–Crippen MR) is 79.3 cm³/mol. The highest BCUT2D eigenvalue weighted by Gasteiger charge is 2.38. The van der Waals surface area contributed by atoms with Crippen molar-refractivity contribution in [3.63, 3.8) is 0 Å². The quantitative estimate of drug-likeness (QED) is 0.904. The van der Waals surface area contributed by atoms with Crippen LogP contribution < -0.4 is 10.2 Å². The third-order valence-electron chi connectivity index (χ3n) is 4.36. The first-order valence-corrected chi connectivity index (χ1v) is 7.48. The zero-order chi connectivity index (χ0) is 13.5. The van der Waals surface area contributed by atoms with E-state index in [1.807, 2.05) is 6.20 Å². The third kappa shape index (κ3) is 2.76. The molecule has 2 fully saturated rings. The van der Waals surface area contributed by atoms with Crippen LogP contribution in [0.5, 0.6) is 0 Å². The minimum atomic E-state index is 0.150. The van der Waals surface area contributed by atoms with Gasteiger partial charge >= 0.3 is 0 Å². The summed E-state index contributed by atoms with van der Waals surface area (Å²) in [7, 11) is 0. The minimum absolute atomic E-state index is 0.150. The van der Waals surface area contributed by atoms with E-state index in [4.69, 9.17) is 0 Å². The Kier molecular flexibility index (Phi) is 3.25. The smallest absolute Gasteiger partial charge is 0.133 e. The number of piperidine rings is 1. The van der Waals surface area contributed by atoms with Crippen LogP contribution in [-0.4, -0.2) is 23.1 Å². The summed E-state index contributed by atoms with van der Waals surface area (Å²) in [6, 6.07) is 5.01. The molecule has 1 saturated carbocycles. The minimum Gasteiger partial charge on any atom is -0.353 e. The molecular weight excluding hydrogens is 234 g/mol. The molecule has 2 unspecified atom stereocenters. The molecule has 1 aliphatic carbocycles. The fourth-order valence-electron chi connectivity index (χ4n) is 3.37. The van der Waals surface area contributed by atoms with Gasteiger partial charge in [0.15, 0.2) is 0 Å². The molecule has 104 valence electrons. The molecule has 3 nitrogen and oxygen atoms in total. The molecule has 1 aliphatic heterocycles. The average Bonchev–Trinajstić information content (AvgIpc) is 2.98. The Morgan fingerprint density at radius 3 is 2.84 bits per heavy atom. The van der Waals surface area contributed by atoms with E-state index < -0.39 is 0 Å². The molecule has 2 heterocycles. The van der Waals surface area contributed by atoms with Gasteiger partial charge in [0, 0.05) is 36.4 Å². The molecule has 3 rings (SSSR count). The number of nitrogens with one attached hydrogen (secondary N) is 1. The molecule has 1 aromatic heterocycles. The maximum Gasteiger partial charge on any atom is 0.133 e. The molecule has 1 saturated heterocycles. The maximum absolute atomic E-state index is 4.67. The van der Waals surface area contributed by atoms with E-state index in [0.717, 1.165) is 18.5 Å². The van der Waals surface area contributed by atoms with E-state index >= 15 is 0 Å². The molecule has 0 spiro atoms. The first kappa shape index (κ1) is 12.9. The van der Waals surface area contributed by atoms with Crippen LogP contribution in [0, 0.1) is 5.92 Å². The van der Waals surface area contributed by atoms with Gasteiger partial charge in [-0.2, -0.15) is 0 Å². The number of hydrogen-bond donors (Lipinski definition) is 1. The molecule has 0 radical (unpaired) electrons. The van der Waals surface area contributed by atoms with Crippen LogP contribution in [0.4, 0.5) is 5.82 Å². The van der Waals surface area contributed by atoms with Crippen molar-refractivity contribution in [1.29, 1.82) is 0 Å². The van der Waals surface area contributed by atoms with Gasteiger partial charge in [0.1, 0.15) is 5.82 Å². The molecule has 2 bridgehead atoms. The van der Waals surface area contributed by atoms with Gasteiger partial charge < -0.3 is 10.2 Å². The molecule has 0 amide bonds. The fraction of sp³-hybridized carbons (Fsp3) is 0.688. The van der Waals surface area contributed by atoms with Gasteiger partial charge in [-0.15, -0.1) is 0 Å². The van der Waals surface area contributed by atoms with Crippen LogP contribution >= 0.6 is 0 Å². The summed E-state index contributed by atoms with van der Waals surface area (Å²) in [5.74, 6) is 2.13. The monoisotopic (exact) mass is 259 g/mol. The molecule has 3 heteroatoms. The number of aromatic nitrogens is 1. The summed E-state index contributed by atoms with van der Waals surface area (Å²) in [5, 5.41) is 3.58. The normalized spacial score (nSPS) is 26.2. The summed E-state index contributed by atoms with van der Waals surface area (Å²) in [6.45, 7) is 8.74. The van der Waals surface area contributed by atoms with E-state index in [2.05, 4.69) is 48.1 Å². The number of fused-ring (bicyclic) bond motifs is 2. The van der Waals surface area contributed by atoms with E-state index in [0.29, 0.717) is 0 Å². The van der Waals surface area contributed by atoms with Crippen LogP contribution in [0.3, 0.4) is 0 Å². The van der Waals surface area contributed by atoms with E-state index in [-0.39, 0.29) is 5.54 Å². The molecule has 1 aromatic rings. The lowest BCUT2D eigenvalue weighted by Crippen LogP contribution is -2.37. The van der Waals surface area contributed by atoms with Crippen molar-refractivity contribution < 1.29 is 0 Å². The van der Waals surface area contributed by atoms with Gasteiger partial charge in [-0.3, -0.25) is 0 Å². The van der Waals surface area contributed by atoms with Gasteiger partial charge in [-0.05, 0) is 52.0 Å². The Labute approximate surface area is 116 Å². The van der Waals surface area contributed by atoms with E-state index in [9.17, 15) is 0 Å². The van der Waals surface area contributed by atoms with Crippen LogP contribution in [0.15, 0.2) is 18.3 Å². The summed E-state index contributed by atoms with van der Waals surface area (Å²) < 4.78 is 0. The largest absolute Gasteiger partial charge is 0.353 e. The number of nitrogens with zero attached hydrogens (tertiary/aromatic N) is 2. The first-order valence-electron chi connectivity index (χ1n) is 7.48. The summed E-state index contributed by atoms with van der Waals surface area (Å²) >= 11 is 0. The summed E-state index contributed by atoms with van der Waals surface area (Å²) in [4.78, 5) is 7.22. The maximum atomic E-state index is 4.67. The standard InChI is InChI=1S/C16H25N3/c1-16(2,3)18-10-13-5-4-8-17-15(13)19-11-12-6-7-14(19)9-12/h4-5,8,12,14,18H,6-7,9-11H2,1-3H3. The van der Waals surface area contributed by atoms with Crippen molar-refractivity contribution in [2.75, 3.05) is 11.4 Å². The molecule has 1 N–H and O–H groups in total. The second kappa shape index (κ2) is 4.78. The van der Waals surface area contributed by atoms with Gasteiger partial charge in [-0.1, -0.05) is 6.07 Å². The topological polar surface area (TPSA) is 28.2 Å². The van der Waals surface area contributed by atoms with E-state index in [1.54, 1.807) is 0 Å². The number of rotatable bonds is 3. The summed E-state index contributed by atoms with van der Waals surface area (Å²) in [6.07, 6.45) is 6.08. The van der Waals surface area contributed by atoms with Crippen molar-refractivity contribution in [1.82, 2.24) is 10.3 Å². The SMILES string of the molecule is CC(C)(C)NCc1cccnc1N1CC2CCC1C2. The Hall–Kier alpha value is -1.09. The molecule has 19 heavy (non-hydrogen) atoms. The highest BCUT2D eigenvalue weighted by Crippen LogP contribution is 2.40. The van der Waals surface area contributed by atoms with Crippen LogP contribution in [0.2, 0.25) is 0 Å². The highest BCUT2D eigenvalue weighted by molar-refractivity contribution is 5.49. The van der Waals surface area contributed by atoms with E-state index in [1.165, 1.54) is 37.2 Å². The fourth-order valence-corrected chi connectivity index (χ4v) is 3.37. The molecule has 2 aliphatic rings. The second-order valence-electron chi connectivity index (χ2n) is 7.07. The predicted octanol–water partition coefficient (Wildman–Crippen LogP) is 2.96. The van der Waals surface area contributed by atoms with Gasteiger partial charge in [0.05, 0.1) is 0 Å². The van der Waals surface area contributed by atoms with Crippen molar-refractivity contribution in [2.45, 2.75) is 58.2 Å². The number of pyridine rings is 1. The van der Waals surface area contributed by atoms with Gasteiger partial charge in [-0.25, -0.2) is 4.98 Å². The highest BCUT2D eigenvalue weighted by atomic mass is 15.2. The zero-order valence-corrected chi connectivity index (χ0v) is 12.3. The van der Waals surface area contributed by atoms with Crippen molar-refractivity contribution in [2.24, 2.45) is 5.92 Å². The van der Waals surface area contributed by atoms with Gasteiger partial charge in [0.2, 0.25) is 0 Å². The molecule has 0 aromatic carbocycles. The lowest BCUT2D eigenvalue weighted by atomic mass is 10.1. The Bertz CT molecular complexity index is 450. The second-order valence-corrected chi connectivity index (χ2v) is 7.07. The third-order valence-corrected chi connectivity index (χ3v) is 4.36. The average molecular weight is 259 g/mol. The van der Waals surface area contributed by atoms with Crippen LogP contribution in [0.1, 0.15) is 45.6 Å². The lowest BCUT2D eigenvalue weighted by Gasteiger charge is -2.30. The first-order chi connectivity index (χ1) is 9.03. The molecule has 2 atom stereocenters. The van der Waals surface area contributed by atoms with Crippen LogP contribution in [-0.2, 0) is 6.54 Å². The van der Waals surface area contributed by atoms with Gasteiger partial charge in [0.25, 0.3) is 0 Å². The number of anilines is 1. The van der Waals surface area contributed by atoms with Crippen molar-refractivity contribution in [3.05, 3.63) is 23.9 Å².